The number of anilines is 1. The van der Waals surface area contributed by atoms with Crippen LogP contribution in [0, 0.1) is 0 Å². The fraction of sp³-hybridized carbons (Fsp3) is 0.533. The molecule has 1 amide bonds. The fourth-order valence-corrected chi connectivity index (χ4v) is 2.44. The zero-order chi connectivity index (χ0) is 16.3. The molecule has 0 heterocycles. The zero-order valence-electron chi connectivity index (χ0n) is 13.4. The van der Waals surface area contributed by atoms with E-state index in [2.05, 4.69) is 26.1 Å². The molecule has 7 heteroatoms. The van der Waals surface area contributed by atoms with Gasteiger partial charge in [-0.15, -0.1) is 12.4 Å². The summed E-state index contributed by atoms with van der Waals surface area (Å²) in [5.74, 6) is -0.466. The third-order valence-corrected chi connectivity index (χ3v) is 4.13. The number of carbonyl (C=O) groups excluding carboxylic acids is 1. The van der Waals surface area contributed by atoms with Crippen LogP contribution in [0.5, 0.6) is 0 Å². The molecule has 3 N–H and O–H groups in total. The van der Waals surface area contributed by atoms with Crippen molar-refractivity contribution in [3.8, 4) is 0 Å². The summed E-state index contributed by atoms with van der Waals surface area (Å²) >= 11 is 0. The van der Waals surface area contributed by atoms with Gasteiger partial charge < -0.3 is 11.1 Å². The van der Waals surface area contributed by atoms with E-state index in [0.29, 0.717) is 5.69 Å². The Hall–Kier alpha value is -1.11. The molecule has 0 spiro atoms. The molecule has 0 aromatic heterocycles. The summed E-state index contributed by atoms with van der Waals surface area (Å²) in [6.07, 6.45) is 1.24. The van der Waals surface area contributed by atoms with Gasteiger partial charge in [0.05, 0.1) is 11.8 Å². The molecule has 0 radical (unpaired) electrons. The van der Waals surface area contributed by atoms with Gasteiger partial charge in [0.15, 0.2) is 0 Å². The largest absolute Gasteiger partial charge is 0.325 e. The van der Waals surface area contributed by atoms with Crippen LogP contribution in [0.2, 0.25) is 0 Å². The second kappa shape index (κ2) is 7.94. The number of carbonyl (C=O) groups is 1. The number of amides is 1. The van der Waals surface area contributed by atoms with Crippen molar-refractivity contribution in [3.05, 3.63) is 29.8 Å². The van der Waals surface area contributed by atoms with E-state index in [9.17, 15) is 13.2 Å². The summed E-state index contributed by atoms with van der Waals surface area (Å²) in [6.45, 7) is 6.34. The molecule has 1 rings (SSSR count). The summed E-state index contributed by atoms with van der Waals surface area (Å²) in [7, 11) is -3.11. The number of sulfone groups is 1. The third kappa shape index (κ3) is 7.24. The lowest BCUT2D eigenvalue weighted by Gasteiger charge is -2.19. The Morgan fingerprint density at radius 2 is 1.73 bits per heavy atom. The Morgan fingerprint density at radius 3 is 2.14 bits per heavy atom. The second-order valence-electron chi connectivity index (χ2n) is 6.34. The number of nitrogens with two attached hydrogens (primary N) is 1. The minimum absolute atomic E-state index is 0. The third-order valence-electron chi connectivity index (χ3n) is 3.15. The molecule has 0 aliphatic rings. The van der Waals surface area contributed by atoms with Crippen LogP contribution < -0.4 is 11.1 Å². The van der Waals surface area contributed by atoms with Crippen LogP contribution in [-0.2, 0) is 20.0 Å². The van der Waals surface area contributed by atoms with Gasteiger partial charge in [0.2, 0.25) is 5.91 Å². The number of halogens is 1. The van der Waals surface area contributed by atoms with Crippen molar-refractivity contribution in [2.24, 2.45) is 5.73 Å². The molecule has 22 heavy (non-hydrogen) atoms. The van der Waals surface area contributed by atoms with E-state index in [1.165, 1.54) is 5.56 Å². The summed E-state index contributed by atoms with van der Waals surface area (Å²) in [5.41, 5.74) is 7.57. The first-order chi connectivity index (χ1) is 9.49. The normalized spacial score (nSPS) is 13.1. The number of nitrogens with one attached hydrogen (secondary N) is 1. The number of hydrogen-bond donors (Lipinski definition) is 2. The molecule has 1 aromatic rings. The fourth-order valence-electron chi connectivity index (χ4n) is 1.76. The maximum atomic E-state index is 11.9. The van der Waals surface area contributed by atoms with Gasteiger partial charge in [-0.05, 0) is 29.5 Å². The molecule has 1 unspecified atom stereocenters. The molecule has 1 aromatic carbocycles. The topological polar surface area (TPSA) is 89.3 Å². The van der Waals surface area contributed by atoms with E-state index in [-0.39, 0.29) is 35.9 Å². The average Bonchev–Trinajstić information content (AvgIpc) is 2.34. The summed E-state index contributed by atoms with van der Waals surface area (Å²) < 4.78 is 22.1. The standard InChI is InChI=1S/C15H24N2O3S.ClH/c1-15(2,3)11-5-7-12(8-6-11)17-14(18)13(16)9-10-21(4,19)20;/h5-8,13H,9-10,16H2,1-4H3,(H,17,18);1H. The van der Waals surface area contributed by atoms with E-state index in [1.807, 2.05) is 24.3 Å². The Morgan fingerprint density at radius 1 is 1.23 bits per heavy atom. The molecule has 0 saturated heterocycles. The Labute approximate surface area is 139 Å². The van der Waals surface area contributed by atoms with Crippen LogP contribution in [0.4, 0.5) is 5.69 Å². The average molecular weight is 349 g/mol. The lowest BCUT2D eigenvalue weighted by molar-refractivity contribution is -0.117. The number of benzene rings is 1. The molecule has 0 fully saturated rings. The van der Waals surface area contributed by atoms with Gasteiger partial charge in [0.1, 0.15) is 9.84 Å². The van der Waals surface area contributed by atoms with Crippen LogP contribution in [0.15, 0.2) is 24.3 Å². The molecular formula is C15H25ClN2O3S. The highest BCUT2D eigenvalue weighted by molar-refractivity contribution is 7.90. The first-order valence-corrected chi connectivity index (χ1v) is 8.90. The van der Waals surface area contributed by atoms with Crippen LogP contribution in [0.3, 0.4) is 0 Å². The number of hydrogen-bond acceptors (Lipinski definition) is 4. The smallest absolute Gasteiger partial charge is 0.241 e. The maximum absolute atomic E-state index is 11.9. The zero-order valence-corrected chi connectivity index (χ0v) is 15.1. The molecule has 126 valence electrons. The SMILES string of the molecule is CC(C)(C)c1ccc(NC(=O)C(N)CCS(C)(=O)=O)cc1.Cl. The molecule has 0 saturated carbocycles. The summed E-state index contributed by atoms with van der Waals surface area (Å²) in [4.78, 5) is 11.9. The second-order valence-corrected chi connectivity index (χ2v) is 8.60. The Balaban J connectivity index is 0.00000441. The molecule has 0 aliphatic heterocycles. The molecule has 0 bridgehead atoms. The number of rotatable bonds is 5. The predicted octanol–water partition coefficient (Wildman–Crippen LogP) is 2.11. The van der Waals surface area contributed by atoms with E-state index in [4.69, 9.17) is 5.73 Å². The van der Waals surface area contributed by atoms with Gasteiger partial charge >= 0.3 is 0 Å². The van der Waals surface area contributed by atoms with E-state index < -0.39 is 15.9 Å². The molecule has 0 aliphatic carbocycles. The van der Waals surface area contributed by atoms with Crippen molar-refractivity contribution in [3.63, 3.8) is 0 Å². The molecule has 5 nitrogen and oxygen atoms in total. The minimum atomic E-state index is -3.11. The van der Waals surface area contributed by atoms with Gasteiger partial charge in [-0.1, -0.05) is 32.9 Å². The van der Waals surface area contributed by atoms with Gasteiger partial charge in [0.25, 0.3) is 0 Å². The van der Waals surface area contributed by atoms with E-state index >= 15 is 0 Å². The summed E-state index contributed by atoms with van der Waals surface area (Å²) in [6, 6.07) is 6.72. The highest BCUT2D eigenvalue weighted by Gasteiger charge is 2.17. The van der Waals surface area contributed by atoms with E-state index in [1.54, 1.807) is 0 Å². The van der Waals surface area contributed by atoms with E-state index in [0.717, 1.165) is 6.26 Å². The lowest BCUT2D eigenvalue weighted by atomic mass is 9.87. The Bertz CT molecular complexity index is 592. The van der Waals surface area contributed by atoms with Gasteiger partial charge in [0, 0.05) is 11.9 Å². The van der Waals surface area contributed by atoms with Crippen molar-refractivity contribution in [2.45, 2.75) is 38.6 Å². The van der Waals surface area contributed by atoms with Crippen LogP contribution in [-0.4, -0.2) is 32.4 Å². The van der Waals surface area contributed by atoms with Gasteiger partial charge in [-0.25, -0.2) is 8.42 Å². The highest BCUT2D eigenvalue weighted by Crippen LogP contribution is 2.23. The van der Waals surface area contributed by atoms with Crippen LogP contribution in [0.25, 0.3) is 0 Å². The van der Waals surface area contributed by atoms with Crippen molar-refractivity contribution < 1.29 is 13.2 Å². The van der Waals surface area contributed by atoms with Gasteiger partial charge in [-0.3, -0.25) is 4.79 Å². The molecule has 1 atom stereocenters. The first-order valence-electron chi connectivity index (χ1n) is 6.84. The minimum Gasteiger partial charge on any atom is -0.325 e. The van der Waals surface area contributed by atoms with Crippen LogP contribution >= 0.6 is 12.4 Å². The van der Waals surface area contributed by atoms with Crippen LogP contribution in [0.1, 0.15) is 32.8 Å². The molecular weight excluding hydrogens is 324 g/mol. The first kappa shape index (κ1) is 20.9. The summed E-state index contributed by atoms with van der Waals surface area (Å²) in [5, 5.41) is 2.70. The van der Waals surface area contributed by atoms with Crippen molar-refractivity contribution in [1.29, 1.82) is 0 Å². The quantitative estimate of drug-likeness (QED) is 0.852. The Kier molecular flexibility index (Phi) is 7.54. The van der Waals surface area contributed by atoms with Crippen molar-refractivity contribution in [2.75, 3.05) is 17.3 Å². The highest BCUT2D eigenvalue weighted by atomic mass is 35.5. The lowest BCUT2D eigenvalue weighted by Crippen LogP contribution is -2.37. The van der Waals surface area contributed by atoms with Crippen molar-refractivity contribution >= 4 is 33.8 Å². The predicted molar refractivity (Wildman–Crippen MR) is 93.3 cm³/mol. The monoisotopic (exact) mass is 348 g/mol. The van der Waals surface area contributed by atoms with Gasteiger partial charge in [-0.2, -0.15) is 0 Å². The van der Waals surface area contributed by atoms with Crippen molar-refractivity contribution in [1.82, 2.24) is 0 Å². The maximum Gasteiger partial charge on any atom is 0.241 e.